The van der Waals surface area contributed by atoms with Crippen LogP contribution in [0.1, 0.15) is 42.7 Å². The Labute approximate surface area is 252 Å². The summed E-state index contributed by atoms with van der Waals surface area (Å²) in [4.78, 5) is 25.0. The van der Waals surface area contributed by atoms with Crippen LogP contribution in [0.25, 0.3) is 21.6 Å². The van der Waals surface area contributed by atoms with Crippen molar-refractivity contribution in [2.45, 2.75) is 38.2 Å². The fourth-order valence-electron chi connectivity index (χ4n) is 4.36. The zero-order valence-electron chi connectivity index (χ0n) is 21.3. The van der Waals surface area contributed by atoms with Crippen molar-refractivity contribution in [3.05, 3.63) is 94.6 Å². The number of nitrogens with one attached hydrogen (secondary N) is 1. The summed E-state index contributed by atoms with van der Waals surface area (Å²) >= 11 is 7.36. The molecule has 1 heterocycles. The largest absolute Gasteiger partial charge is 1.00 e. The zero-order chi connectivity index (χ0) is 26.2. The Hall–Kier alpha value is -2.68. The maximum Gasteiger partial charge on any atom is 1.00 e. The van der Waals surface area contributed by atoms with Gasteiger partial charge in [0, 0.05) is 10.4 Å². The number of halogens is 1. The van der Waals surface area contributed by atoms with E-state index in [1.807, 2.05) is 67.6 Å². The number of rotatable bonds is 7. The maximum atomic E-state index is 12.7. The molecule has 0 radical (unpaired) electrons. The molecule has 0 aliphatic heterocycles. The van der Waals surface area contributed by atoms with Crippen molar-refractivity contribution in [2.24, 2.45) is 0 Å². The minimum Gasteiger partial charge on any atom is -0.549 e. The Bertz CT molecular complexity index is 1470. The summed E-state index contributed by atoms with van der Waals surface area (Å²) in [6, 6.07) is 22.8. The Morgan fingerprint density at radius 2 is 1.63 bits per heavy atom. The number of ether oxygens (including phenoxy) is 1. The molecule has 1 aromatic heterocycles. The normalized spacial score (nSPS) is 14.2. The molecule has 0 unspecified atom stereocenters. The van der Waals surface area contributed by atoms with Gasteiger partial charge in [0.15, 0.2) is 0 Å². The number of carbonyl (C=O) groups excluding carboxylic acids is 2. The third-order valence-corrected chi connectivity index (χ3v) is 7.97. The first-order valence-electron chi connectivity index (χ1n) is 11.9. The number of aliphatic carboxylic acids is 1. The van der Waals surface area contributed by atoms with Gasteiger partial charge in [0.05, 0.1) is 22.2 Å². The van der Waals surface area contributed by atoms with Gasteiger partial charge in [0.1, 0.15) is 6.10 Å². The predicted molar refractivity (Wildman–Crippen MR) is 144 cm³/mol. The van der Waals surface area contributed by atoms with Gasteiger partial charge in [-0.15, -0.1) is 0 Å². The Morgan fingerprint density at radius 3 is 2.21 bits per heavy atom. The number of anilines is 1. The van der Waals surface area contributed by atoms with Crippen LogP contribution in [-0.2, 0) is 14.9 Å². The van der Waals surface area contributed by atoms with Crippen LogP contribution in [0.5, 0.6) is 0 Å². The summed E-state index contributed by atoms with van der Waals surface area (Å²) in [5.41, 5.74) is 5.00. The number of carboxylic acid groups (broad SMARTS) is 1. The van der Waals surface area contributed by atoms with Gasteiger partial charge in [-0.2, -0.15) is 4.37 Å². The second kappa shape index (κ2) is 11.6. The average Bonchev–Trinajstić information content (AvgIpc) is 3.64. The summed E-state index contributed by atoms with van der Waals surface area (Å²) in [5, 5.41) is 14.9. The molecule has 38 heavy (non-hydrogen) atoms. The molecule has 1 atom stereocenters. The molecule has 9 heteroatoms. The van der Waals surface area contributed by atoms with Crippen LogP contribution in [0.4, 0.5) is 10.5 Å². The summed E-state index contributed by atoms with van der Waals surface area (Å²) in [6.07, 6.45) is 0.210. The van der Waals surface area contributed by atoms with Crippen molar-refractivity contribution in [3.63, 3.8) is 0 Å². The molecule has 1 N–H and O–H groups in total. The van der Waals surface area contributed by atoms with Gasteiger partial charge in [-0.05, 0) is 78.2 Å². The molecule has 3 aromatic carbocycles. The summed E-state index contributed by atoms with van der Waals surface area (Å²) in [7, 11) is 0. The fourth-order valence-corrected chi connectivity index (χ4v) is 5.41. The molecule has 188 valence electrons. The molecule has 1 aliphatic carbocycles. The van der Waals surface area contributed by atoms with Crippen molar-refractivity contribution in [2.75, 3.05) is 5.32 Å². The third kappa shape index (κ3) is 5.82. The monoisotopic (exact) mass is 554 g/mol. The van der Waals surface area contributed by atoms with Gasteiger partial charge in [0.25, 0.3) is 0 Å². The molecule has 4 aromatic rings. The van der Waals surface area contributed by atoms with Gasteiger partial charge in [-0.3, -0.25) is 5.32 Å². The van der Waals surface area contributed by atoms with E-state index in [-0.39, 0.29) is 29.6 Å². The van der Waals surface area contributed by atoms with Crippen LogP contribution in [0.2, 0.25) is 5.02 Å². The van der Waals surface area contributed by atoms with E-state index in [1.165, 1.54) is 11.5 Å². The van der Waals surface area contributed by atoms with Crippen LogP contribution in [0.15, 0.2) is 72.8 Å². The van der Waals surface area contributed by atoms with E-state index in [2.05, 4.69) is 9.69 Å². The number of carbonyl (C=O) groups is 2. The Morgan fingerprint density at radius 1 is 1.03 bits per heavy atom. The Balaban J connectivity index is 0.00000336. The van der Waals surface area contributed by atoms with Gasteiger partial charge < -0.3 is 14.6 Å². The molecule has 6 nitrogen and oxygen atoms in total. The summed E-state index contributed by atoms with van der Waals surface area (Å²) in [5.74, 6) is -1.00. The number of hydrogen-bond donors (Lipinski definition) is 1. The molecule has 1 aliphatic rings. The van der Waals surface area contributed by atoms with Crippen molar-refractivity contribution >= 4 is 40.9 Å². The van der Waals surface area contributed by atoms with Gasteiger partial charge >= 0.3 is 35.7 Å². The van der Waals surface area contributed by atoms with E-state index < -0.39 is 23.6 Å². The Kier molecular flexibility index (Phi) is 8.65. The molecular formula is C29H24ClN2NaO4S. The number of aryl methyl sites for hydroxylation is 1. The number of amides is 1. The molecule has 1 saturated carbocycles. The molecule has 0 bridgehead atoms. The van der Waals surface area contributed by atoms with E-state index in [9.17, 15) is 14.7 Å². The maximum absolute atomic E-state index is 12.7. The van der Waals surface area contributed by atoms with Crippen LogP contribution >= 0.6 is 23.1 Å². The first-order valence-corrected chi connectivity index (χ1v) is 13.0. The van der Waals surface area contributed by atoms with E-state index in [4.69, 9.17) is 16.3 Å². The second-order valence-electron chi connectivity index (χ2n) is 9.22. The number of benzene rings is 3. The minimum absolute atomic E-state index is 0. The molecule has 1 amide bonds. The van der Waals surface area contributed by atoms with E-state index in [1.54, 1.807) is 19.1 Å². The van der Waals surface area contributed by atoms with Gasteiger partial charge in [-0.25, -0.2) is 4.79 Å². The van der Waals surface area contributed by atoms with Crippen molar-refractivity contribution < 1.29 is 49.0 Å². The minimum atomic E-state index is -1.00. The summed E-state index contributed by atoms with van der Waals surface area (Å²) < 4.78 is 10.00. The van der Waals surface area contributed by atoms with Crippen molar-refractivity contribution in [1.82, 2.24) is 4.37 Å². The molecule has 0 spiro atoms. The molecule has 1 fully saturated rings. The number of hydrogen-bond acceptors (Lipinski definition) is 6. The summed E-state index contributed by atoms with van der Waals surface area (Å²) in [6.45, 7) is 3.63. The SMILES string of the molecule is Cc1nsc(-c2ccc(-c3ccc(C4(C(=O)[O-])CC4)cc3)cc2)c1NC(=O)O[C@H](C)c1cccc(Cl)c1.[Na+]. The van der Waals surface area contributed by atoms with Crippen molar-refractivity contribution in [1.29, 1.82) is 0 Å². The first kappa shape index (κ1) is 28.3. The van der Waals surface area contributed by atoms with Gasteiger partial charge in [-0.1, -0.05) is 72.3 Å². The molecule has 0 saturated heterocycles. The molecular weight excluding hydrogens is 531 g/mol. The van der Waals surface area contributed by atoms with Crippen LogP contribution in [-0.4, -0.2) is 16.4 Å². The van der Waals surface area contributed by atoms with Crippen LogP contribution in [0.3, 0.4) is 0 Å². The topological polar surface area (TPSA) is 91.4 Å². The number of aromatic nitrogens is 1. The number of nitrogens with zero attached hydrogens (tertiary/aromatic N) is 1. The zero-order valence-corrected chi connectivity index (χ0v) is 24.9. The average molecular weight is 555 g/mol. The smallest absolute Gasteiger partial charge is 0.549 e. The van der Waals surface area contributed by atoms with Crippen molar-refractivity contribution in [3.8, 4) is 21.6 Å². The van der Waals surface area contributed by atoms with E-state index in [0.29, 0.717) is 29.2 Å². The van der Waals surface area contributed by atoms with Gasteiger partial charge in [0.2, 0.25) is 0 Å². The second-order valence-corrected chi connectivity index (χ2v) is 10.4. The number of carboxylic acids is 1. The third-order valence-electron chi connectivity index (χ3n) is 6.75. The first-order chi connectivity index (χ1) is 17.8. The molecule has 5 rings (SSSR count). The predicted octanol–water partition coefficient (Wildman–Crippen LogP) is 3.53. The van der Waals surface area contributed by atoms with E-state index in [0.717, 1.165) is 32.7 Å². The fraction of sp³-hybridized carbons (Fsp3) is 0.207. The standard InChI is InChI=1S/C29H25ClN2O4S.Na/c1-17-25(31-28(35)36-18(2)22-4-3-5-24(30)16-22)26(37-32-17)21-8-6-19(7-9-21)20-10-12-23(13-11-20)29(14-15-29)27(33)34;/h3-13,16,18H,14-15H2,1-2H3,(H,31,35)(H,33,34);/q;+1/p-1/t18-;/m1./s1. The van der Waals surface area contributed by atoms with Crippen LogP contribution < -0.4 is 40.0 Å². The quantitative estimate of drug-likeness (QED) is 0.353. The van der Waals surface area contributed by atoms with E-state index >= 15 is 0 Å². The van der Waals surface area contributed by atoms with Crippen LogP contribution in [0, 0.1) is 6.92 Å².